The van der Waals surface area contributed by atoms with Crippen LogP contribution in [0.25, 0.3) is 0 Å². The Balaban J connectivity index is 2.14. The highest BCUT2D eigenvalue weighted by molar-refractivity contribution is 6.31. The molecule has 2 nitrogen and oxygen atoms in total. The fourth-order valence-electron chi connectivity index (χ4n) is 2.69. The van der Waals surface area contributed by atoms with Crippen molar-refractivity contribution in [1.82, 2.24) is 4.98 Å². The van der Waals surface area contributed by atoms with Gasteiger partial charge in [0.15, 0.2) is 0 Å². The molecule has 0 radical (unpaired) electrons. The highest BCUT2D eigenvalue weighted by atomic mass is 35.5. The minimum atomic E-state index is -0.589. The molecule has 1 unspecified atom stereocenters. The molecule has 2 rings (SSSR count). The molecule has 0 bridgehead atoms. The van der Waals surface area contributed by atoms with Gasteiger partial charge in [-0.1, -0.05) is 25.4 Å². The van der Waals surface area contributed by atoms with Crippen molar-refractivity contribution in [3.63, 3.8) is 0 Å². The zero-order valence-electron chi connectivity index (χ0n) is 9.83. The van der Waals surface area contributed by atoms with Crippen molar-refractivity contribution >= 4 is 11.6 Å². The van der Waals surface area contributed by atoms with Crippen LogP contribution in [0, 0.1) is 5.41 Å². The molecule has 1 aliphatic rings. The van der Waals surface area contributed by atoms with Crippen LogP contribution < -0.4 is 0 Å². The summed E-state index contributed by atoms with van der Waals surface area (Å²) >= 11 is 6.06. The van der Waals surface area contributed by atoms with E-state index in [1.165, 1.54) is 0 Å². The van der Waals surface area contributed by atoms with Gasteiger partial charge < -0.3 is 5.11 Å². The average molecular weight is 240 g/mol. The van der Waals surface area contributed by atoms with Gasteiger partial charge in [0.25, 0.3) is 0 Å². The second-order valence-corrected chi connectivity index (χ2v) is 6.12. The van der Waals surface area contributed by atoms with Crippen LogP contribution in [-0.2, 0) is 6.42 Å². The monoisotopic (exact) mass is 239 g/mol. The maximum Gasteiger partial charge on any atom is 0.0693 e. The predicted molar refractivity (Wildman–Crippen MR) is 65.5 cm³/mol. The summed E-state index contributed by atoms with van der Waals surface area (Å²) < 4.78 is 0. The van der Waals surface area contributed by atoms with E-state index in [9.17, 15) is 5.11 Å². The van der Waals surface area contributed by atoms with Crippen LogP contribution in [0.5, 0.6) is 0 Å². The second kappa shape index (κ2) is 4.01. The Labute approximate surface area is 102 Å². The number of rotatable bonds is 2. The molecule has 0 spiro atoms. The Bertz CT molecular complexity index is 391. The van der Waals surface area contributed by atoms with Crippen molar-refractivity contribution < 1.29 is 5.11 Å². The third-order valence-corrected chi connectivity index (χ3v) is 3.79. The minimum absolute atomic E-state index is 0.244. The molecule has 16 heavy (non-hydrogen) atoms. The van der Waals surface area contributed by atoms with Crippen molar-refractivity contribution in [1.29, 1.82) is 0 Å². The SMILES string of the molecule is CC1(C)CCC(O)(Cc2ccncc2Cl)C1. The van der Waals surface area contributed by atoms with Gasteiger partial charge in [0.2, 0.25) is 0 Å². The fraction of sp³-hybridized carbons (Fsp3) is 0.615. The highest BCUT2D eigenvalue weighted by Gasteiger charge is 2.41. The van der Waals surface area contributed by atoms with Crippen molar-refractivity contribution in [2.45, 2.75) is 45.1 Å². The van der Waals surface area contributed by atoms with Gasteiger partial charge in [0.05, 0.1) is 10.6 Å². The van der Waals surface area contributed by atoms with E-state index in [2.05, 4.69) is 18.8 Å². The lowest BCUT2D eigenvalue weighted by Crippen LogP contribution is -2.29. The van der Waals surface area contributed by atoms with Crippen LogP contribution in [-0.4, -0.2) is 15.7 Å². The first-order valence-electron chi connectivity index (χ1n) is 5.71. The third-order valence-electron chi connectivity index (χ3n) is 3.45. The molecule has 1 aromatic heterocycles. The van der Waals surface area contributed by atoms with E-state index in [0.717, 1.165) is 24.8 Å². The molecule has 1 saturated carbocycles. The van der Waals surface area contributed by atoms with Gasteiger partial charge in [-0.2, -0.15) is 0 Å². The summed E-state index contributed by atoms with van der Waals surface area (Å²) in [5.41, 5.74) is 0.653. The zero-order chi connectivity index (χ0) is 11.8. The first-order valence-corrected chi connectivity index (χ1v) is 6.09. The maximum absolute atomic E-state index is 10.5. The minimum Gasteiger partial charge on any atom is -0.390 e. The van der Waals surface area contributed by atoms with Crippen LogP contribution in [0.3, 0.4) is 0 Å². The highest BCUT2D eigenvalue weighted by Crippen LogP contribution is 2.45. The molecule has 3 heteroatoms. The summed E-state index contributed by atoms with van der Waals surface area (Å²) in [5.74, 6) is 0. The molecule has 1 N–H and O–H groups in total. The van der Waals surface area contributed by atoms with E-state index in [1.807, 2.05) is 6.07 Å². The Morgan fingerprint density at radius 2 is 2.19 bits per heavy atom. The molecule has 88 valence electrons. The Hall–Kier alpha value is -0.600. The lowest BCUT2D eigenvalue weighted by molar-refractivity contribution is 0.0379. The van der Waals surface area contributed by atoms with E-state index < -0.39 is 5.60 Å². The molecule has 1 aliphatic carbocycles. The summed E-state index contributed by atoms with van der Waals surface area (Å²) in [5, 5.41) is 11.2. The van der Waals surface area contributed by atoms with E-state index in [-0.39, 0.29) is 5.41 Å². The summed E-state index contributed by atoms with van der Waals surface area (Å²) in [7, 11) is 0. The number of aliphatic hydroxyl groups is 1. The van der Waals surface area contributed by atoms with E-state index in [4.69, 9.17) is 11.6 Å². The topological polar surface area (TPSA) is 33.1 Å². The molecule has 1 aromatic rings. The average Bonchev–Trinajstić information content (AvgIpc) is 2.45. The van der Waals surface area contributed by atoms with Crippen LogP contribution in [0.1, 0.15) is 38.7 Å². The Morgan fingerprint density at radius 1 is 1.44 bits per heavy atom. The number of hydrogen-bond donors (Lipinski definition) is 1. The molecule has 0 saturated heterocycles. The van der Waals surface area contributed by atoms with E-state index in [0.29, 0.717) is 11.4 Å². The predicted octanol–water partition coefficient (Wildman–Crippen LogP) is 3.22. The van der Waals surface area contributed by atoms with Crippen molar-refractivity contribution in [3.8, 4) is 0 Å². The van der Waals surface area contributed by atoms with E-state index in [1.54, 1.807) is 12.4 Å². The lowest BCUT2D eigenvalue weighted by Gasteiger charge is -2.25. The number of pyridine rings is 1. The van der Waals surface area contributed by atoms with E-state index >= 15 is 0 Å². The first kappa shape index (κ1) is 11.9. The van der Waals surface area contributed by atoms with Crippen LogP contribution in [0.15, 0.2) is 18.5 Å². The summed E-state index contributed by atoms with van der Waals surface area (Å²) in [4.78, 5) is 3.96. The first-order chi connectivity index (χ1) is 7.40. The van der Waals surface area contributed by atoms with Crippen molar-refractivity contribution in [2.75, 3.05) is 0 Å². The molecule has 0 aliphatic heterocycles. The number of nitrogens with zero attached hydrogens (tertiary/aromatic N) is 1. The molecule has 0 aromatic carbocycles. The lowest BCUT2D eigenvalue weighted by atomic mass is 9.86. The van der Waals surface area contributed by atoms with Crippen LogP contribution in [0.2, 0.25) is 5.02 Å². The van der Waals surface area contributed by atoms with Gasteiger partial charge in [0, 0.05) is 18.8 Å². The molecule has 1 atom stereocenters. The smallest absolute Gasteiger partial charge is 0.0693 e. The molecular formula is C13H18ClNO. The van der Waals surface area contributed by atoms with Gasteiger partial charge in [-0.25, -0.2) is 0 Å². The Kier molecular flexibility index (Phi) is 2.97. The largest absolute Gasteiger partial charge is 0.390 e. The fourth-order valence-corrected chi connectivity index (χ4v) is 2.88. The Morgan fingerprint density at radius 3 is 2.75 bits per heavy atom. The quantitative estimate of drug-likeness (QED) is 0.860. The number of halogens is 1. The molecule has 1 heterocycles. The summed E-state index contributed by atoms with van der Waals surface area (Å²) in [6.45, 7) is 4.41. The second-order valence-electron chi connectivity index (χ2n) is 5.71. The number of aromatic nitrogens is 1. The number of hydrogen-bond acceptors (Lipinski definition) is 2. The normalized spacial score (nSPS) is 28.2. The van der Waals surface area contributed by atoms with Gasteiger partial charge >= 0.3 is 0 Å². The van der Waals surface area contributed by atoms with Crippen molar-refractivity contribution in [2.24, 2.45) is 5.41 Å². The molecule has 1 fully saturated rings. The third kappa shape index (κ3) is 2.55. The molecular weight excluding hydrogens is 222 g/mol. The van der Waals surface area contributed by atoms with Gasteiger partial charge in [-0.05, 0) is 36.3 Å². The zero-order valence-corrected chi connectivity index (χ0v) is 10.6. The maximum atomic E-state index is 10.5. The molecule has 0 amide bonds. The van der Waals surface area contributed by atoms with Crippen molar-refractivity contribution in [3.05, 3.63) is 29.0 Å². The van der Waals surface area contributed by atoms with Gasteiger partial charge in [-0.3, -0.25) is 4.98 Å². The van der Waals surface area contributed by atoms with Crippen LogP contribution >= 0.6 is 11.6 Å². The van der Waals surface area contributed by atoms with Crippen LogP contribution in [0.4, 0.5) is 0 Å². The van der Waals surface area contributed by atoms with Gasteiger partial charge in [0.1, 0.15) is 0 Å². The standard InChI is InChI=1S/C13H18ClNO/c1-12(2)4-5-13(16,9-12)7-10-3-6-15-8-11(10)14/h3,6,8,16H,4-5,7,9H2,1-2H3. The van der Waals surface area contributed by atoms with Gasteiger partial charge in [-0.15, -0.1) is 0 Å². The summed E-state index contributed by atoms with van der Waals surface area (Å²) in [6, 6.07) is 1.89. The summed E-state index contributed by atoms with van der Waals surface area (Å²) in [6.07, 6.45) is 6.78.